The molecule has 0 aliphatic carbocycles. The molecule has 23 heavy (non-hydrogen) atoms. The molecule has 11 nitrogen and oxygen atoms in total. The van der Waals surface area contributed by atoms with Crippen LogP contribution in [0, 0.1) is 20.2 Å². The van der Waals surface area contributed by atoms with Gasteiger partial charge in [0.1, 0.15) is 5.69 Å². The van der Waals surface area contributed by atoms with E-state index in [-0.39, 0.29) is 5.69 Å². The molecule has 2 rings (SSSR count). The lowest BCUT2D eigenvalue weighted by Crippen LogP contribution is -2.16. The molecule has 1 aromatic rings. The maximum absolute atomic E-state index is 11.8. The van der Waals surface area contributed by atoms with E-state index in [1.54, 1.807) is 0 Å². The van der Waals surface area contributed by atoms with E-state index in [0.717, 1.165) is 25.3 Å². The molecule has 0 amide bonds. The topological polar surface area (TPSA) is 154 Å². The summed E-state index contributed by atoms with van der Waals surface area (Å²) in [6.45, 7) is 0. The fourth-order valence-electron chi connectivity index (χ4n) is 1.62. The van der Waals surface area contributed by atoms with Gasteiger partial charge in [0, 0.05) is 18.0 Å². The zero-order valence-corrected chi connectivity index (χ0v) is 12.3. The molecule has 0 aromatic heterocycles. The molecule has 0 bridgehead atoms. The summed E-state index contributed by atoms with van der Waals surface area (Å²) in [6, 6.07) is 2.95. The number of hydrogen-bond acceptors (Lipinski definition) is 10. The van der Waals surface area contributed by atoms with E-state index in [0.29, 0.717) is 11.9 Å². The van der Waals surface area contributed by atoms with Crippen molar-refractivity contribution in [3.05, 3.63) is 38.4 Å². The second-order valence-corrected chi connectivity index (χ2v) is 5.05. The van der Waals surface area contributed by atoms with E-state index in [1.165, 1.54) is 0 Å². The van der Waals surface area contributed by atoms with Crippen molar-refractivity contribution in [2.75, 3.05) is 11.8 Å². The lowest BCUT2D eigenvalue weighted by molar-refractivity contribution is -0.393. The molecule has 0 saturated carbocycles. The normalized spacial score (nSPS) is 18.8. The predicted molar refractivity (Wildman–Crippen MR) is 76.6 cm³/mol. The number of epoxide rings is 1. The Morgan fingerprint density at radius 3 is 2.52 bits per heavy atom. The molecule has 1 aliphatic rings. The number of nitro groups is 2. The lowest BCUT2D eigenvalue weighted by Gasteiger charge is -2.04. The SMILES string of the molecule is COC(=O)C1OC1C(=O)SNc1ccc([N+](=O)[O-])cc1[N+](=O)[O-]. The van der Waals surface area contributed by atoms with Crippen LogP contribution in [0.3, 0.4) is 0 Å². The van der Waals surface area contributed by atoms with Crippen molar-refractivity contribution in [2.24, 2.45) is 0 Å². The second kappa shape index (κ2) is 6.58. The summed E-state index contributed by atoms with van der Waals surface area (Å²) in [7, 11) is 1.15. The average molecular weight is 343 g/mol. The summed E-state index contributed by atoms with van der Waals surface area (Å²) in [4.78, 5) is 42.8. The van der Waals surface area contributed by atoms with Gasteiger partial charge in [-0.2, -0.15) is 0 Å². The fraction of sp³-hybridized carbons (Fsp3) is 0.273. The minimum absolute atomic E-state index is 0.0887. The van der Waals surface area contributed by atoms with Gasteiger partial charge < -0.3 is 14.2 Å². The monoisotopic (exact) mass is 343 g/mol. The average Bonchev–Trinajstić information content (AvgIpc) is 3.32. The molecular weight excluding hydrogens is 334 g/mol. The highest BCUT2D eigenvalue weighted by molar-refractivity contribution is 8.14. The largest absolute Gasteiger partial charge is 0.467 e. The first-order valence-electron chi connectivity index (χ1n) is 5.98. The number of carbonyl (C=O) groups excluding carboxylic acids is 2. The molecule has 122 valence electrons. The van der Waals surface area contributed by atoms with Crippen molar-refractivity contribution in [2.45, 2.75) is 12.2 Å². The number of anilines is 1. The summed E-state index contributed by atoms with van der Waals surface area (Å²) in [5.74, 6) is -0.690. The molecule has 1 saturated heterocycles. The molecular formula is C11H9N3O8S. The minimum atomic E-state index is -0.989. The summed E-state index contributed by atoms with van der Waals surface area (Å²) < 4.78 is 11.7. The molecule has 12 heteroatoms. The van der Waals surface area contributed by atoms with Crippen molar-refractivity contribution in [3.8, 4) is 0 Å². The van der Waals surface area contributed by atoms with Crippen LogP contribution in [0.15, 0.2) is 18.2 Å². The third-order valence-electron chi connectivity index (χ3n) is 2.81. The minimum Gasteiger partial charge on any atom is -0.467 e. The van der Waals surface area contributed by atoms with Crippen molar-refractivity contribution < 1.29 is 28.9 Å². The number of nitro benzene ring substituents is 2. The van der Waals surface area contributed by atoms with Crippen LogP contribution in [0.1, 0.15) is 0 Å². The van der Waals surface area contributed by atoms with Crippen LogP contribution >= 0.6 is 11.9 Å². The van der Waals surface area contributed by atoms with Gasteiger partial charge >= 0.3 is 5.97 Å². The number of ether oxygens (including phenoxy) is 2. The number of nitrogens with one attached hydrogen (secondary N) is 1. The zero-order chi connectivity index (χ0) is 17.1. The first-order chi connectivity index (χ1) is 10.8. The van der Waals surface area contributed by atoms with E-state index < -0.39 is 44.5 Å². The van der Waals surface area contributed by atoms with Crippen LogP contribution < -0.4 is 4.72 Å². The van der Waals surface area contributed by atoms with Crippen molar-refractivity contribution in [1.82, 2.24) is 0 Å². The quantitative estimate of drug-likeness (QED) is 0.260. The van der Waals surface area contributed by atoms with Gasteiger partial charge in [-0.15, -0.1) is 0 Å². The molecule has 1 heterocycles. The van der Waals surface area contributed by atoms with Crippen LogP contribution in [0.25, 0.3) is 0 Å². The maximum atomic E-state index is 11.8. The smallest absolute Gasteiger partial charge is 0.338 e. The van der Waals surface area contributed by atoms with E-state index >= 15 is 0 Å². The summed E-state index contributed by atoms with van der Waals surface area (Å²) in [6.07, 6.45) is -1.97. The van der Waals surface area contributed by atoms with Gasteiger partial charge in [-0.3, -0.25) is 25.0 Å². The first kappa shape index (κ1) is 16.6. The molecule has 0 radical (unpaired) electrons. The lowest BCUT2D eigenvalue weighted by atomic mass is 10.2. The van der Waals surface area contributed by atoms with Gasteiger partial charge in [0.25, 0.3) is 11.4 Å². The van der Waals surface area contributed by atoms with Crippen LogP contribution in [-0.4, -0.2) is 40.2 Å². The van der Waals surface area contributed by atoms with E-state index in [4.69, 9.17) is 4.74 Å². The Balaban J connectivity index is 2.03. The highest BCUT2D eigenvalue weighted by Gasteiger charge is 2.51. The number of non-ortho nitro benzene ring substituents is 1. The Morgan fingerprint density at radius 2 is 1.96 bits per heavy atom. The molecule has 1 aromatic carbocycles. The van der Waals surface area contributed by atoms with Crippen LogP contribution in [0.5, 0.6) is 0 Å². The second-order valence-electron chi connectivity index (χ2n) is 4.24. The number of hydrogen-bond donors (Lipinski definition) is 1. The molecule has 2 unspecified atom stereocenters. The third-order valence-corrected chi connectivity index (χ3v) is 3.56. The Hall–Kier alpha value is -2.73. The Kier molecular flexibility index (Phi) is 4.76. The van der Waals surface area contributed by atoms with Crippen molar-refractivity contribution in [1.29, 1.82) is 0 Å². The van der Waals surface area contributed by atoms with Gasteiger partial charge in [0.15, 0.2) is 12.2 Å². The van der Waals surface area contributed by atoms with Gasteiger partial charge in [-0.05, 0) is 6.07 Å². The Morgan fingerprint density at radius 1 is 1.26 bits per heavy atom. The van der Waals surface area contributed by atoms with Crippen LogP contribution in [0.4, 0.5) is 17.1 Å². The van der Waals surface area contributed by atoms with E-state index in [2.05, 4.69) is 9.46 Å². The maximum Gasteiger partial charge on any atom is 0.338 e. The van der Waals surface area contributed by atoms with Crippen LogP contribution in [0.2, 0.25) is 0 Å². The van der Waals surface area contributed by atoms with Gasteiger partial charge in [0.2, 0.25) is 5.12 Å². The third kappa shape index (κ3) is 3.73. The van der Waals surface area contributed by atoms with Gasteiger partial charge in [0.05, 0.1) is 23.0 Å². The number of methoxy groups -OCH3 is 1. The standard InChI is InChI=1S/C11H9N3O8S/c1-21-10(15)8-9(22-8)11(16)23-12-6-3-2-5(13(17)18)4-7(6)14(19)20/h2-4,8-9,12H,1H3. The first-order valence-corrected chi connectivity index (χ1v) is 6.79. The van der Waals surface area contributed by atoms with Crippen LogP contribution in [-0.2, 0) is 19.1 Å². The highest BCUT2D eigenvalue weighted by atomic mass is 32.2. The van der Waals surface area contributed by atoms with Crippen molar-refractivity contribution in [3.63, 3.8) is 0 Å². The highest BCUT2D eigenvalue weighted by Crippen LogP contribution is 2.33. The molecule has 2 atom stereocenters. The van der Waals surface area contributed by atoms with Gasteiger partial charge in [-0.1, -0.05) is 0 Å². The number of benzene rings is 1. The molecule has 1 fully saturated rings. The number of esters is 1. The number of carbonyl (C=O) groups is 2. The zero-order valence-electron chi connectivity index (χ0n) is 11.5. The number of rotatable bonds is 6. The predicted octanol–water partition coefficient (Wildman–Crippen LogP) is 1.03. The fourth-order valence-corrected chi connectivity index (χ4v) is 2.30. The number of nitrogens with zero attached hydrogens (tertiary/aromatic N) is 2. The Bertz CT molecular complexity index is 694. The van der Waals surface area contributed by atoms with Crippen molar-refractivity contribution >= 4 is 40.1 Å². The molecule has 0 spiro atoms. The molecule has 1 N–H and O–H groups in total. The molecule has 1 aliphatic heterocycles. The summed E-state index contributed by atoms with van der Waals surface area (Å²) in [5.41, 5.74) is -1.09. The Labute approximate surface area is 132 Å². The van der Waals surface area contributed by atoms with E-state index in [9.17, 15) is 29.8 Å². The summed E-state index contributed by atoms with van der Waals surface area (Å²) >= 11 is 0.482. The summed E-state index contributed by atoms with van der Waals surface area (Å²) in [5, 5.41) is 21.0. The van der Waals surface area contributed by atoms with E-state index in [1.807, 2.05) is 0 Å². The van der Waals surface area contributed by atoms with Gasteiger partial charge in [-0.25, -0.2) is 4.79 Å².